The first-order valence-corrected chi connectivity index (χ1v) is 9.15. The third-order valence-corrected chi connectivity index (χ3v) is 4.44. The van der Waals surface area contributed by atoms with E-state index in [0.29, 0.717) is 0 Å². The van der Waals surface area contributed by atoms with Gasteiger partial charge in [0.15, 0.2) is 0 Å². The number of hydrogen-bond donors (Lipinski definition) is 0. The van der Waals surface area contributed by atoms with Crippen LogP contribution in [0.1, 0.15) is 90.9 Å². The lowest BCUT2D eigenvalue weighted by atomic mass is 10.1. The molecule has 0 radical (unpaired) electrons. The number of hydrogen-bond acceptors (Lipinski definition) is 1. The Labute approximate surface area is 124 Å². The van der Waals surface area contributed by atoms with E-state index in [-0.39, 0.29) is 9.90 Å². The molecule has 0 aromatic carbocycles. The zero-order valence-corrected chi connectivity index (χ0v) is 15.2. The van der Waals surface area contributed by atoms with Crippen LogP contribution in [0.15, 0.2) is 0 Å². The highest BCUT2D eigenvalue weighted by Crippen LogP contribution is 2.13. The van der Waals surface area contributed by atoms with Crippen molar-refractivity contribution >= 4 is 21.7 Å². The summed E-state index contributed by atoms with van der Waals surface area (Å²) in [7, 11) is 0. The lowest BCUT2D eigenvalue weighted by Gasteiger charge is -2.02. The molecule has 18 heavy (non-hydrogen) atoms. The monoisotopic (exact) mass is 292 g/mol. The van der Waals surface area contributed by atoms with E-state index in [1.165, 1.54) is 88.6 Å². The maximum absolute atomic E-state index is 2.29. The van der Waals surface area contributed by atoms with E-state index >= 15 is 0 Å². The molecule has 0 bridgehead atoms. The fourth-order valence-electron chi connectivity index (χ4n) is 2.07. The maximum Gasteiger partial charge on any atom is -0.00675 e. The molecule has 0 rings (SSSR count). The molecule has 0 N–H and O–H groups in total. The van der Waals surface area contributed by atoms with Crippen molar-refractivity contribution in [2.45, 2.75) is 90.9 Å². The van der Waals surface area contributed by atoms with Crippen molar-refractivity contribution in [2.75, 3.05) is 11.5 Å². The molecule has 2 heteroatoms. The van der Waals surface area contributed by atoms with E-state index in [1.807, 2.05) is 0 Å². The summed E-state index contributed by atoms with van der Waals surface area (Å²) in [5.41, 5.74) is 0. The first-order chi connectivity index (χ1) is 8.41. The van der Waals surface area contributed by atoms with Crippen LogP contribution in [-0.4, -0.2) is 11.5 Å². The average molecular weight is 293 g/mol. The maximum atomic E-state index is 2.29. The Morgan fingerprint density at radius 3 is 1.22 bits per heavy atom. The van der Waals surface area contributed by atoms with Crippen LogP contribution < -0.4 is 0 Å². The topological polar surface area (TPSA) is 0 Å². The highest BCUT2D eigenvalue weighted by Gasteiger charge is 1.93. The summed E-state index contributed by atoms with van der Waals surface area (Å²) < 4.78 is 0. The Bertz CT molecular complexity index is 114. The fraction of sp³-hybridized carbons (Fsp3) is 1.00. The van der Waals surface area contributed by atoms with Crippen molar-refractivity contribution in [3.63, 3.8) is 0 Å². The second-order valence-corrected chi connectivity index (χ2v) is 6.37. The number of unbranched alkanes of at least 4 members (excludes halogenated alkanes) is 10. The molecule has 0 aliphatic carbocycles. The van der Waals surface area contributed by atoms with Gasteiger partial charge in [-0.2, -0.15) is 21.7 Å². The SMILES string of the molecule is CCCCCCCCSCCCCCCCC.P. The molecule has 0 spiro atoms. The molecule has 1 atom stereocenters. The van der Waals surface area contributed by atoms with Crippen LogP contribution in [0.3, 0.4) is 0 Å². The summed E-state index contributed by atoms with van der Waals surface area (Å²) in [6, 6.07) is 0. The first-order valence-electron chi connectivity index (χ1n) is 7.99. The third kappa shape index (κ3) is 19.1. The fourth-order valence-corrected chi connectivity index (χ4v) is 3.09. The Kier molecular flexibility index (Phi) is 23.6. The van der Waals surface area contributed by atoms with E-state index in [0.717, 1.165) is 0 Å². The predicted molar refractivity (Wildman–Crippen MR) is 95.2 cm³/mol. The minimum Gasteiger partial charge on any atom is -0.162 e. The van der Waals surface area contributed by atoms with Gasteiger partial charge < -0.3 is 0 Å². The van der Waals surface area contributed by atoms with Crippen LogP contribution in [0, 0.1) is 0 Å². The highest BCUT2D eigenvalue weighted by atomic mass is 32.2. The van der Waals surface area contributed by atoms with Gasteiger partial charge in [-0.25, -0.2) is 0 Å². The number of thioether (sulfide) groups is 1. The van der Waals surface area contributed by atoms with Gasteiger partial charge in [-0.3, -0.25) is 0 Å². The number of rotatable bonds is 14. The Morgan fingerprint density at radius 2 is 0.833 bits per heavy atom. The summed E-state index contributed by atoms with van der Waals surface area (Å²) in [5, 5.41) is 0. The molecule has 0 aliphatic heterocycles. The molecular formula is C16H37PS. The van der Waals surface area contributed by atoms with Gasteiger partial charge in [-0.05, 0) is 24.3 Å². The molecule has 0 nitrogen and oxygen atoms in total. The minimum absolute atomic E-state index is 0. The molecule has 0 saturated carbocycles. The average Bonchev–Trinajstić information content (AvgIpc) is 2.35. The molecule has 0 heterocycles. The molecule has 0 amide bonds. The molecule has 0 aromatic rings. The van der Waals surface area contributed by atoms with E-state index in [9.17, 15) is 0 Å². The molecular weight excluding hydrogens is 255 g/mol. The van der Waals surface area contributed by atoms with Crippen molar-refractivity contribution in [3.05, 3.63) is 0 Å². The quantitative estimate of drug-likeness (QED) is 0.260. The Hall–Kier alpha value is 0.780. The van der Waals surface area contributed by atoms with Crippen LogP contribution in [0.4, 0.5) is 0 Å². The first kappa shape index (κ1) is 21.1. The Morgan fingerprint density at radius 1 is 0.500 bits per heavy atom. The second kappa shape index (κ2) is 20.1. The molecule has 0 aromatic heterocycles. The third-order valence-electron chi connectivity index (χ3n) is 3.28. The minimum atomic E-state index is 0. The highest BCUT2D eigenvalue weighted by molar-refractivity contribution is 7.99. The summed E-state index contributed by atoms with van der Waals surface area (Å²) >= 11 is 2.18. The van der Waals surface area contributed by atoms with E-state index < -0.39 is 0 Å². The van der Waals surface area contributed by atoms with Gasteiger partial charge in [-0.15, -0.1) is 0 Å². The van der Waals surface area contributed by atoms with E-state index in [1.54, 1.807) is 0 Å². The zero-order valence-electron chi connectivity index (χ0n) is 13.0. The Balaban J connectivity index is 0. The standard InChI is InChI=1S/C16H34S.H3P/c1-3-5-7-9-11-13-15-17-16-14-12-10-8-6-4-2;/h3-16H2,1-2H3;1H3. The van der Waals surface area contributed by atoms with Gasteiger partial charge in [0, 0.05) is 0 Å². The summed E-state index contributed by atoms with van der Waals surface area (Å²) in [6.45, 7) is 4.58. The van der Waals surface area contributed by atoms with Crippen LogP contribution in [-0.2, 0) is 0 Å². The molecule has 0 aliphatic rings. The molecule has 0 fully saturated rings. The second-order valence-electron chi connectivity index (χ2n) is 5.15. The molecule has 112 valence electrons. The van der Waals surface area contributed by atoms with E-state index in [4.69, 9.17) is 0 Å². The van der Waals surface area contributed by atoms with Crippen molar-refractivity contribution in [1.29, 1.82) is 0 Å². The zero-order chi connectivity index (χ0) is 12.6. The van der Waals surface area contributed by atoms with Crippen molar-refractivity contribution in [2.24, 2.45) is 0 Å². The lowest BCUT2D eigenvalue weighted by Crippen LogP contribution is -1.86. The van der Waals surface area contributed by atoms with Crippen LogP contribution in [0.25, 0.3) is 0 Å². The predicted octanol–water partition coefficient (Wildman–Crippen LogP) is 6.50. The van der Waals surface area contributed by atoms with Crippen molar-refractivity contribution in [1.82, 2.24) is 0 Å². The van der Waals surface area contributed by atoms with Gasteiger partial charge in [0.25, 0.3) is 0 Å². The van der Waals surface area contributed by atoms with E-state index in [2.05, 4.69) is 25.6 Å². The normalized spacial score (nSPS) is 10.3. The smallest absolute Gasteiger partial charge is 0.00675 e. The van der Waals surface area contributed by atoms with Gasteiger partial charge in [0.1, 0.15) is 0 Å². The summed E-state index contributed by atoms with van der Waals surface area (Å²) in [6.07, 6.45) is 17.3. The lowest BCUT2D eigenvalue weighted by molar-refractivity contribution is 0.624. The van der Waals surface area contributed by atoms with Crippen LogP contribution in [0.2, 0.25) is 0 Å². The largest absolute Gasteiger partial charge is 0.162 e. The van der Waals surface area contributed by atoms with Gasteiger partial charge in [0.05, 0.1) is 0 Å². The van der Waals surface area contributed by atoms with Gasteiger partial charge in [-0.1, -0.05) is 78.1 Å². The molecule has 0 saturated heterocycles. The van der Waals surface area contributed by atoms with Crippen LogP contribution >= 0.6 is 21.7 Å². The van der Waals surface area contributed by atoms with Crippen molar-refractivity contribution in [3.8, 4) is 0 Å². The summed E-state index contributed by atoms with van der Waals surface area (Å²) in [4.78, 5) is 0. The van der Waals surface area contributed by atoms with Crippen LogP contribution in [0.5, 0.6) is 0 Å². The van der Waals surface area contributed by atoms with Gasteiger partial charge >= 0.3 is 0 Å². The molecule has 1 unspecified atom stereocenters. The van der Waals surface area contributed by atoms with Crippen molar-refractivity contribution < 1.29 is 0 Å². The summed E-state index contributed by atoms with van der Waals surface area (Å²) in [5.74, 6) is 2.81. The van der Waals surface area contributed by atoms with Gasteiger partial charge in [0.2, 0.25) is 0 Å².